The van der Waals surface area contributed by atoms with Crippen molar-refractivity contribution < 1.29 is 19.4 Å². The molecule has 1 amide bonds. The van der Waals surface area contributed by atoms with E-state index in [1.807, 2.05) is 0 Å². The number of carboxylic acids is 1. The second kappa shape index (κ2) is 5.32. The van der Waals surface area contributed by atoms with E-state index in [1.165, 1.54) is 7.11 Å². The molecular formula is C14H16ClNO4. The molecule has 0 bridgehead atoms. The number of hydrogen-bond donors (Lipinski definition) is 1. The van der Waals surface area contributed by atoms with Crippen molar-refractivity contribution in [1.29, 1.82) is 0 Å². The van der Waals surface area contributed by atoms with Gasteiger partial charge in [-0.05, 0) is 31.5 Å². The first kappa shape index (κ1) is 14.7. The molecule has 0 radical (unpaired) electrons. The molecule has 20 heavy (non-hydrogen) atoms. The van der Waals surface area contributed by atoms with Gasteiger partial charge in [0.15, 0.2) is 0 Å². The van der Waals surface area contributed by atoms with Gasteiger partial charge in [-0.25, -0.2) is 0 Å². The smallest absolute Gasteiger partial charge is 0.311 e. The molecule has 1 aromatic rings. The summed E-state index contributed by atoms with van der Waals surface area (Å²) in [6.07, 6.45) is 0.457. The quantitative estimate of drug-likeness (QED) is 0.929. The molecule has 0 aromatic heterocycles. The van der Waals surface area contributed by atoms with E-state index >= 15 is 0 Å². The molecule has 5 nitrogen and oxygen atoms in total. The van der Waals surface area contributed by atoms with E-state index in [-0.39, 0.29) is 12.5 Å². The second-order valence-corrected chi connectivity index (χ2v) is 5.60. The number of carboxylic acid groups (broad SMARTS) is 1. The lowest BCUT2D eigenvalue weighted by Gasteiger charge is -2.20. The Hall–Kier alpha value is -1.75. The molecular weight excluding hydrogens is 282 g/mol. The number of amides is 1. The van der Waals surface area contributed by atoms with Gasteiger partial charge in [0.1, 0.15) is 5.75 Å². The number of carbonyl (C=O) groups excluding carboxylic acids is 1. The summed E-state index contributed by atoms with van der Waals surface area (Å²) in [7, 11) is 1.48. The SMILES string of the molecule is COc1cc(C(=O)N2CCC(C)(C(=O)O)C2)ccc1Cl. The summed E-state index contributed by atoms with van der Waals surface area (Å²) < 4.78 is 5.08. The Labute approximate surface area is 122 Å². The molecule has 1 unspecified atom stereocenters. The van der Waals surface area contributed by atoms with E-state index < -0.39 is 11.4 Å². The minimum absolute atomic E-state index is 0.204. The zero-order chi connectivity index (χ0) is 14.9. The first-order valence-electron chi connectivity index (χ1n) is 6.23. The minimum Gasteiger partial charge on any atom is -0.495 e. The molecule has 108 valence electrons. The fourth-order valence-electron chi connectivity index (χ4n) is 2.28. The normalized spacial score (nSPS) is 21.9. The van der Waals surface area contributed by atoms with Gasteiger partial charge in [0.25, 0.3) is 5.91 Å². The van der Waals surface area contributed by atoms with Crippen LogP contribution in [0.4, 0.5) is 0 Å². The highest BCUT2D eigenvalue weighted by molar-refractivity contribution is 6.32. The van der Waals surface area contributed by atoms with Crippen molar-refractivity contribution in [3.63, 3.8) is 0 Å². The van der Waals surface area contributed by atoms with E-state index in [0.717, 1.165) is 0 Å². The number of methoxy groups -OCH3 is 1. The van der Waals surface area contributed by atoms with Crippen molar-refractivity contribution in [3.05, 3.63) is 28.8 Å². The molecule has 6 heteroatoms. The largest absolute Gasteiger partial charge is 0.495 e. The Bertz CT molecular complexity index is 560. The molecule has 0 saturated carbocycles. The van der Waals surface area contributed by atoms with Gasteiger partial charge in [-0.3, -0.25) is 9.59 Å². The molecule has 1 heterocycles. The molecule has 1 saturated heterocycles. The van der Waals surface area contributed by atoms with Crippen LogP contribution in [0.5, 0.6) is 5.75 Å². The Morgan fingerprint density at radius 2 is 2.15 bits per heavy atom. The van der Waals surface area contributed by atoms with Gasteiger partial charge in [0, 0.05) is 18.7 Å². The standard InChI is InChI=1S/C14H16ClNO4/c1-14(13(18)19)5-6-16(8-14)12(17)9-3-4-10(15)11(7-9)20-2/h3-4,7H,5-6,8H2,1-2H3,(H,18,19). The van der Waals surface area contributed by atoms with Gasteiger partial charge >= 0.3 is 5.97 Å². The van der Waals surface area contributed by atoms with Crippen molar-refractivity contribution in [2.45, 2.75) is 13.3 Å². The second-order valence-electron chi connectivity index (χ2n) is 5.19. The number of rotatable bonds is 3. The first-order valence-corrected chi connectivity index (χ1v) is 6.61. The molecule has 0 aliphatic carbocycles. The average molecular weight is 298 g/mol. The molecule has 2 rings (SSSR count). The summed E-state index contributed by atoms with van der Waals surface area (Å²) in [5.41, 5.74) is -0.424. The highest BCUT2D eigenvalue weighted by Crippen LogP contribution is 2.32. The van der Waals surface area contributed by atoms with Gasteiger partial charge in [-0.2, -0.15) is 0 Å². The fourth-order valence-corrected chi connectivity index (χ4v) is 2.48. The van der Waals surface area contributed by atoms with Gasteiger partial charge in [0.05, 0.1) is 17.5 Å². The maximum atomic E-state index is 12.4. The van der Waals surface area contributed by atoms with Gasteiger partial charge < -0.3 is 14.7 Å². The highest BCUT2D eigenvalue weighted by atomic mass is 35.5. The number of likely N-dealkylation sites (tertiary alicyclic amines) is 1. The number of benzene rings is 1. The van der Waals surface area contributed by atoms with E-state index in [9.17, 15) is 14.7 Å². The van der Waals surface area contributed by atoms with Gasteiger partial charge in [-0.15, -0.1) is 0 Å². The lowest BCUT2D eigenvalue weighted by Crippen LogP contribution is -2.34. The molecule has 1 aromatic carbocycles. The summed E-state index contributed by atoms with van der Waals surface area (Å²) >= 11 is 5.92. The minimum atomic E-state index is -0.874. The third-order valence-electron chi connectivity index (χ3n) is 3.67. The van der Waals surface area contributed by atoms with Crippen LogP contribution in [-0.2, 0) is 4.79 Å². The van der Waals surface area contributed by atoms with Crippen LogP contribution in [-0.4, -0.2) is 42.1 Å². The molecule has 1 aliphatic heterocycles. The monoisotopic (exact) mass is 297 g/mol. The zero-order valence-corrected chi connectivity index (χ0v) is 12.1. The summed E-state index contributed by atoms with van der Waals surface area (Å²) in [5.74, 6) is -0.649. The topological polar surface area (TPSA) is 66.8 Å². The number of hydrogen-bond acceptors (Lipinski definition) is 3. The summed E-state index contributed by atoms with van der Waals surface area (Å²) in [6, 6.07) is 4.78. The van der Waals surface area contributed by atoms with Crippen molar-refractivity contribution in [3.8, 4) is 5.75 Å². The Balaban J connectivity index is 2.19. The number of carbonyl (C=O) groups is 2. The Morgan fingerprint density at radius 1 is 1.45 bits per heavy atom. The van der Waals surface area contributed by atoms with Crippen LogP contribution in [0, 0.1) is 5.41 Å². The van der Waals surface area contributed by atoms with Crippen LogP contribution < -0.4 is 4.74 Å². The van der Waals surface area contributed by atoms with Crippen molar-refractivity contribution in [2.75, 3.05) is 20.2 Å². The number of halogens is 1. The van der Waals surface area contributed by atoms with Gasteiger partial charge in [0.2, 0.25) is 0 Å². The third kappa shape index (κ3) is 2.58. The van der Waals surface area contributed by atoms with Crippen molar-refractivity contribution >= 4 is 23.5 Å². The first-order chi connectivity index (χ1) is 9.37. The molecule has 0 spiro atoms. The highest BCUT2D eigenvalue weighted by Gasteiger charge is 2.42. The van der Waals surface area contributed by atoms with Crippen LogP contribution in [0.1, 0.15) is 23.7 Å². The van der Waals surface area contributed by atoms with E-state index in [2.05, 4.69) is 0 Å². The number of nitrogens with zero attached hydrogens (tertiary/aromatic N) is 1. The van der Waals surface area contributed by atoms with Crippen molar-refractivity contribution in [1.82, 2.24) is 4.90 Å². The molecule has 1 atom stereocenters. The Kier molecular flexibility index (Phi) is 3.90. The van der Waals surface area contributed by atoms with Gasteiger partial charge in [-0.1, -0.05) is 11.6 Å². The van der Waals surface area contributed by atoms with E-state index in [4.69, 9.17) is 16.3 Å². The maximum absolute atomic E-state index is 12.4. The van der Waals surface area contributed by atoms with Crippen LogP contribution in [0.3, 0.4) is 0 Å². The summed E-state index contributed by atoms with van der Waals surface area (Å²) in [5, 5.41) is 9.62. The number of ether oxygens (including phenoxy) is 1. The maximum Gasteiger partial charge on any atom is 0.311 e. The summed E-state index contributed by atoms with van der Waals surface area (Å²) in [4.78, 5) is 25.1. The van der Waals surface area contributed by atoms with Crippen molar-refractivity contribution in [2.24, 2.45) is 5.41 Å². The summed E-state index contributed by atoms with van der Waals surface area (Å²) in [6.45, 7) is 2.31. The third-order valence-corrected chi connectivity index (χ3v) is 3.99. The predicted molar refractivity (Wildman–Crippen MR) is 74.3 cm³/mol. The lowest BCUT2D eigenvalue weighted by molar-refractivity contribution is -0.147. The Morgan fingerprint density at radius 3 is 2.70 bits per heavy atom. The number of aliphatic carboxylic acids is 1. The zero-order valence-electron chi connectivity index (χ0n) is 11.4. The lowest BCUT2D eigenvalue weighted by atomic mass is 9.90. The van der Waals surface area contributed by atoms with E-state index in [1.54, 1.807) is 30.0 Å². The van der Waals surface area contributed by atoms with E-state index in [0.29, 0.717) is 29.3 Å². The predicted octanol–water partition coefficient (Wildman–Crippen LogP) is 2.29. The molecule has 1 aliphatic rings. The molecule has 1 N–H and O–H groups in total. The van der Waals surface area contributed by atoms with Crippen LogP contribution >= 0.6 is 11.6 Å². The van der Waals surface area contributed by atoms with Crippen LogP contribution in [0.25, 0.3) is 0 Å². The van der Waals surface area contributed by atoms with Crippen LogP contribution in [0.15, 0.2) is 18.2 Å². The molecule has 1 fully saturated rings. The fraction of sp³-hybridized carbons (Fsp3) is 0.429. The average Bonchev–Trinajstić information content (AvgIpc) is 2.82. The van der Waals surface area contributed by atoms with Crippen LogP contribution in [0.2, 0.25) is 5.02 Å².